The van der Waals surface area contributed by atoms with Crippen LogP contribution >= 0.6 is 15.9 Å². The van der Waals surface area contributed by atoms with E-state index >= 15 is 0 Å². The second-order valence-electron chi connectivity index (χ2n) is 4.31. The molecule has 0 saturated carbocycles. The van der Waals surface area contributed by atoms with Crippen molar-refractivity contribution in [1.29, 1.82) is 0 Å². The number of nitrogens with zero attached hydrogens (tertiary/aromatic N) is 2. The van der Waals surface area contributed by atoms with Gasteiger partial charge in [0.05, 0.1) is 11.7 Å². The van der Waals surface area contributed by atoms with E-state index in [0.717, 1.165) is 16.6 Å². The summed E-state index contributed by atoms with van der Waals surface area (Å²) < 4.78 is 1.01. The lowest BCUT2D eigenvalue weighted by Gasteiger charge is -2.16. The van der Waals surface area contributed by atoms with Crippen molar-refractivity contribution in [3.63, 3.8) is 0 Å². The highest BCUT2D eigenvalue weighted by atomic mass is 79.9. The molecule has 0 aliphatic rings. The SMILES string of the molecule is CNC(Cc1cncc(Br)c1)c1cc(C)ccn1. The van der Waals surface area contributed by atoms with Crippen LogP contribution in [0.5, 0.6) is 0 Å². The summed E-state index contributed by atoms with van der Waals surface area (Å²) in [4.78, 5) is 8.62. The van der Waals surface area contributed by atoms with Gasteiger partial charge < -0.3 is 5.32 Å². The van der Waals surface area contributed by atoms with Gasteiger partial charge in [0.25, 0.3) is 0 Å². The van der Waals surface area contributed by atoms with Crippen LogP contribution in [0.25, 0.3) is 0 Å². The lowest BCUT2D eigenvalue weighted by atomic mass is 10.0. The van der Waals surface area contributed by atoms with E-state index in [2.05, 4.69) is 50.3 Å². The Morgan fingerprint density at radius 2 is 2.17 bits per heavy atom. The molecule has 0 aliphatic heterocycles. The normalized spacial score (nSPS) is 12.4. The molecule has 0 aromatic carbocycles. The van der Waals surface area contributed by atoms with Gasteiger partial charge in [0.1, 0.15) is 0 Å². The summed E-state index contributed by atoms with van der Waals surface area (Å²) in [6.07, 6.45) is 6.42. The van der Waals surface area contributed by atoms with E-state index in [9.17, 15) is 0 Å². The van der Waals surface area contributed by atoms with Gasteiger partial charge >= 0.3 is 0 Å². The number of hydrogen-bond donors (Lipinski definition) is 1. The molecular formula is C14H16BrN3. The predicted molar refractivity (Wildman–Crippen MR) is 76.4 cm³/mol. The number of hydrogen-bond acceptors (Lipinski definition) is 3. The van der Waals surface area contributed by atoms with Crippen molar-refractivity contribution in [3.05, 3.63) is 58.1 Å². The van der Waals surface area contributed by atoms with E-state index in [1.54, 1.807) is 6.20 Å². The minimum absolute atomic E-state index is 0.209. The maximum Gasteiger partial charge on any atom is 0.0579 e. The molecule has 0 amide bonds. The van der Waals surface area contributed by atoms with Gasteiger partial charge in [-0.3, -0.25) is 9.97 Å². The Morgan fingerprint density at radius 1 is 1.33 bits per heavy atom. The van der Waals surface area contributed by atoms with Gasteiger partial charge in [-0.25, -0.2) is 0 Å². The fourth-order valence-electron chi connectivity index (χ4n) is 1.91. The zero-order chi connectivity index (χ0) is 13.0. The number of likely N-dealkylation sites (N-methyl/N-ethyl adjacent to an activating group) is 1. The van der Waals surface area contributed by atoms with Crippen LogP contribution in [-0.4, -0.2) is 17.0 Å². The zero-order valence-corrected chi connectivity index (χ0v) is 12.1. The van der Waals surface area contributed by atoms with E-state index in [1.807, 2.05) is 25.5 Å². The van der Waals surface area contributed by atoms with Crippen molar-refractivity contribution in [2.24, 2.45) is 0 Å². The summed E-state index contributed by atoms with van der Waals surface area (Å²) in [7, 11) is 1.96. The van der Waals surface area contributed by atoms with Gasteiger partial charge in [0, 0.05) is 23.1 Å². The molecule has 0 aliphatic carbocycles. The highest BCUT2D eigenvalue weighted by Gasteiger charge is 2.12. The van der Waals surface area contributed by atoms with Crippen LogP contribution in [0.15, 0.2) is 41.3 Å². The fourth-order valence-corrected chi connectivity index (χ4v) is 2.32. The second kappa shape index (κ2) is 6.07. The van der Waals surface area contributed by atoms with Crippen LogP contribution in [0.1, 0.15) is 22.9 Å². The van der Waals surface area contributed by atoms with Gasteiger partial charge in [-0.1, -0.05) is 0 Å². The number of rotatable bonds is 4. The van der Waals surface area contributed by atoms with Gasteiger partial charge in [0.15, 0.2) is 0 Å². The van der Waals surface area contributed by atoms with Gasteiger partial charge in [0.2, 0.25) is 0 Å². The molecule has 0 radical (unpaired) electrons. The zero-order valence-electron chi connectivity index (χ0n) is 10.5. The van der Waals surface area contributed by atoms with Gasteiger partial charge in [-0.15, -0.1) is 0 Å². The molecule has 0 spiro atoms. The molecule has 0 bridgehead atoms. The first kappa shape index (κ1) is 13.2. The molecule has 18 heavy (non-hydrogen) atoms. The first-order chi connectivity index (χ1) is 8.69. The van der Waals surface area contributed by atoms with Crippen molar-refractivity contribution < 1.29 is 0 Å². The van der Waals surface area contributed by atoms with Crippen LogP contribution in [0, 0.1) is 6.92 Å². The Labute approximate surface area is 116 Å². The predicted octanol–water partition coefficient (Wildman–Crippen LogP) is 3.05. The van der Waals surface area contributed by atoms with Crippen LogP contribution in [-0.2, 0) is 6.42 Å². The minimum Gasteiger partial charge on any atom is -0.311 e. The number of nitrogens with one attached hydrogen (secondary N) is 1. The van der Waals surface area contributed by atoms with E-state index in [1.165, 1.54) is 11.1 Å². The first-order valence-corrected chi connectivity index (χ1v) is 6.67. The third kappa shape index (κ3) is 3.37. The van der Waals surface area contributed by atoms with E-state index in [4.69, 9.17) is 0 Å². The summed E-state index contributed by atoms with van der Waals surface area (Å²) >= 11 is 3.44. The maximum absolute atomic E-state index is 4.43. The maximum atomic E-state index is 4.43. The van der Waals surface area contributed by atoms with E-state index in [0.29, 0.717) is 0 Å². The second-order valence-corrected chi connectivity index (χ2v) is 5.23. The van der Waals surface area contributed by atoms with Crippen LogP contribution in [0.4, 0.5) is 0 Å². The Bertz CT molecular complexity index is 528. The lowest BCUT2D eigenvalue weighted by Crippen LogP contribution is -2.20. The summed E-state index contributed by atoms with van der Waals surface area (Å²) in [5, 5.41) is 3.31. The summed E-state index contributed by atoms with van der Waals surface area (Å²) in [6.45, 7) is 2.08. The summed E-state index contributed by atoms with van der Waals surface area (Å²) in [5.74, 6) is 0. The molecule has 2 rings (SSSR count). The van der Waals surface area contributed by atoms with Crippen molar-refractivity contribution in [1.82, 2.24) is 15.3 Å². The quantitative estimate of drug-likeness (QED) is 0.943. The number of aromatic nitrogens is 2. The number of pyridine rings is 2. The number of halogens is 1. The van der Waals surface area contributed by atoms with Crippen molar-refractivity contribution >= 4 is 15.9 Å². The lowest BCUT2D eigenvalue weighted by molar-refractivity contribution is 0.574. The molecule has 94 valence electrons. The standard InChI is InChI=1S/C14H16BrN3/c1-10-3-4-18-14(5-10)13(16-2)7-11-6-12(15)9-17-8-11/h3-6,8-9,13,16H,7H2,1-2H3. The molecule has 0 fully saturated rings. The molecule has 3 nitrogen and oxygen atoms in total. The minimum atomic E-state index is 0.209. The van der Waals surface area contributed by atoms with Crippen molar-refractivity contribution in [3.8, 4) is 0 Å². The first-order valence-electron chi connectivity index (χ1n) is 5.88. The Balaban J connectivity index is 2.19. The highest BCUT2D eigenvalue weighted by Crippen LogP contribution is 2.18. The van der Waals surface area contributed by atoms with Crippen molar-refractivity contribution in [2.75, 3.05) is 7.05 Å². The average Bonchev–Trinajstić information content (AvgIpc) is 2.36. The average molecular weight is 306 g/mol. The van der Waals surface area contributed by atoms with Crippen molar-refractivity contribution in [2.45, 2.75) is 19.4 Å². The molecular weight excluding hydrogens is 290 g/mol. The largest absolute Gasteiger partial charge is 0.311 e. The molecule has 2 heterocycles. The molecule has 1 atom stereocenters. The highest BCUT2D eigenvalue weighted by molar-refractivity contribution is 9.10. The Morgan fingerprint density at radius 3 is 2.83 bits per heavy atom. The van der Waals surface area contributed by atoms with Crippen LogP contribution in [0.3, 0.4) is 0 Å². The summed E-state index contributed by atoms with van der Waals surface area (Å²) in [6, 6.07) is 6.43. The van der Waals surface area contributed by atoms with Gasteiger partial charge in [-0.05, 0) is 65.6 Å². The topological polar surface area (TPSA) is 37.8 Å². The Kier molecular flexibility index (Phi) is 4.44. The van der Waals surface area contributed by atoms with Crippen LogP contribution in [0.2, 0.25) is 0 Å². The van der Waals surface area contributed by atoms with Crippen LogP contribution < -0.4 is 5.32 Å². The monoisotopic (exact) mass is 305 g/mol. The number of aryl methyl sites for hydroxylation is 1. The van der Waals surface area contributed by atoms with E-state index < -0.39 is 0 Å². The third-order valence-electron chi connectivity index (χ3n) is 2.84. The fraction of sp³-hybridized carbons (Fsp3) is 0.286. The molecule has 1 unspecified atom stereocenters. The third-order valence-corrected chi connectivity index (χ3v) is 3.28. The molecule has 0 saturated heterocycles. The Hall–Kier alpha value is -1.26. The summed E-state index contributed by atoms with van der Waals surface area (Å²) in [5.41, 5.74) is 3.48. The molecule has 1 N–H and O–H groups in total. The molecule has 4 heteroatoms. The smallest absolute Gasteiger partial charge is 0.0579 e. The van der Waals surface area contributed by atoms with E-state index in [-0.39, 0.29) is 6.04 Å². The molecule has 2 aromatic rings. The molecule has 2 aromatic heterocycles. The van der Waals surface area contributed by atoms with Gasteiger partial charge in [-0.2, -0.15) is 0 Å².